The zero-order valence-electron chi connectivity index (χ0n) is 12.2. The van der Waals surface area contributed by atoms with Gasteiger partial charge in [0, 0.05) is 26.2 Å². The summed E-state index contributed by atoms with van der Waals surface area (Å²) in [5.74, 6) is 0.644. The lowest BCUT2D eigenvalue weighted by molar-refractivity contribution is 0.206. The average molecular weight is 309 g/mol. The standard InChI is InChI=1S/C14H19N3O3S/c1-12-11-13(20-2)3-4-14(12)21(18,19)17-9-7-16(6-5-15)8-10-17/h3-4,11H,6-10H2,1-2H3. The highest BCUT2D eigenvalue weighted by molar-refractivity contribution is 7.89. The smallest absolute Gasteiger partial charge is 0.243 e. The van der Waals surface area contributed by atoms with Crippen LogP contribution in [0, 0.1) is 18.3 Å². The molecule has 1 fully saturated rings. The van der Waals surface area contributed by atoms with Gasteiger partial charge >= 0.3 is 0 Å². The number of hydrogen-bond donors (Lipinski definition) is 0. The fraction of sp³-hybridized carbons (Fsp3) is 0.500. The summed E-state index contributed by atoms with van der Waals surface area (Å²) in [5, 5.41) is 8.67. The van der Waals surface area contributed by atoms with Crippen LogP contribution in [0.25, 0.3) is 0 Å². The third kappa shape index (κ3) is 3.35. The van der Waals surface area contributed by atoms with Crippen molar-refractivity contribution in [3.05, 3.63) is 23.8 Å². The number of hydrogen-bond acceptors (Lipinski definition) is 5. The van der Waals surface area contributed by atoms with Crippen LogP contribution in [0.1, 0.15) is 5.56 Å². The Morgan fingerprint density at radius 1 is 1.29 bits per heavy atom. The van der Waals surface area contributed by atoms with Crippen LogP contribution in [0.4, 0.5) is 0 Å². The second-order valence-corrected chi connectivity index (χ2v) is 6.88. The lowest BCUT2D eigenvalue weighted by atomic mass is 10.2. The Kier molecular flexibility index (Phi) is 4.83. The van der Waals surface area contributed by atoms with E-state index in [2.05, 4.69) is 6.07 Å². The lowest BCUT2D eigenvalue weighted by Crippen LogP contribution is -2.48. The first kappa shape index (κ1) is 15.8. The van der Waals surface area contributed by atoms with Crippen molar-refractivity contribution < 1.29 is 13.2 Å². The summed E-state index contributed by atoms with van der Waals surface area (Å²) in [4.78, 5) is 2.27. The molecule has 1 aromatic carbocycles. The molecule has 0 bridgehead atoms. The van der Waals surface area contributed by atoms with Crippen molar-refractivity contribution in [2.45, 2.75) is 11.8 Å². The summed E-state index contributed by atoms with van der Waals surface area (Å²) >= 11 is 0. The Labute approximate surface area is 125 Å². The molecular weight excluding hydrogens is 290 g/mol. The molecule has 0 atom stereocenters. The summed E-state index contributed by atoms with van der Waals surface area (Å²) in [5.41, 5.74) is 0.675. The van der Waals surface area contributed by atoms with Crippen molar-refractivity contribution in [3.63, 3.8) is 0 Å². The van der Waals surface area contributed by atoms with Crippen molar-refractivity contribution in [2.24, 2.45) is 0 Å². The van der Waals surface area contributed by atoms with Gasteiger partial charge in [0.2, 0.25) is 10.0 Å². The molecular formula is C14H19N3O3S. The summed E-state index contributed by atoms with van der Waals surface area (Å²) in [6.45, 7) is 4.10. The molecule has 1 aliphatic rings. The number of nitriles is 1. The molecule has 0 aliphatic carbocycles. The molecule has 0 N–H and O–H groups in total. The number of piperazine rings is 1. The first-order valence-corrected chi connectivity index (χ1v) is 8.17. The minimum atomic E-state index is -3.49. The van der Waals surface area contributed by atoms with E-state index in [-0.39, 0.29) is 0 Å². The van der Waals surface area contributed by atoms with E-state index in [0.717, 1.165) is 0 Å². The van der Waals surface area contributed by atoms with Gasteiger partial charge in [-0.05, 0) is 30.7 Å². The highest BCUT2D eigenvalue weighted by Crippen LogP contribution is 2.24. The van der Waals surface area contributed by atoms with Gasteiger partial charge in [0.05, 0.1) is 24.6 Å². The summed E-state index contributed by atoms with van der Waals surface area (Å²) in [6, 6.07) is 7.06. The van der Waals surface area contributed by atoms with Gasteiger partial charge in [0.15, 0.2) is 0 Å². The largest absolute Gasteiger partial charge is 0.497 e. The molecule has 1 aromatic rings. The highest BCUT2D eigenvalue weighted by atomic mass is 32.2. The Balaban J connectivity index is 2.18. The SMILES string of the molecule is COc1ccc(S(=O)(=O)N2CCN(CC#N)CC2)c(C)c1. The van der Waals surface area contributed by atoms with Crippen molar-refractivity contribution in [2.75, 3.05) is 39.8 Å². The summed E-state index contributed by atoms with van der Waals surface area (Å²) in [6.07, 6.45) is 0. The quantitative estimate of drug-likeness (QED) is 0.770. The van der Waals surface area contributed by atoms with Crippen molar-refractivity contribution in [1.29, 1.82) is 5.26 Å². The second kappa shape index (κ2) is 6.43. The van der Waals surface area contributed by atoms with Crippen LogP contribution in [0.2, 0.25) is 0 Å². The first-order valence-electron chi connectivity index (χ1n) is 6.73. The van der Waals surface area contributed by atoms with E-state index < -0.39 is 10.0 Å². The molecule has 0 saturated carbocycles. The number of rotatable bonds is 4. The van der Waals surface area contributed by atoms with Gasteiger partial charge < -0.3 is 4.74 Å². The molecule has 1 aliphatic heterocycles. The van der Waals surface area contributed by atoms with Crippen molar-refractivity contribution >= 4 is 10.0 Å². The van der Waals surface area contributed by atoms with Crippen molar-refractivity contribution in [3.8, 4) is 11.8 Å². The minimum Gasteiger partial charge on any atom is -0.497 e. The number of methoxy groups -OCH3 is 1. The van der Waals surface area contributed by atoms with E-state index in [1.807, 2.05) is 4.90 Å². The van der Waals surface area contributed by atoms with Crippen LogP contribution in [-0.2, 0) is 10.0 Å². The normalized spacial score (nSPS) is 17.4. The molecule has 1 saturated heterocycles. The van der Waals surface area contributed by atoms with E-state index in [4.69, 9.17) is 10.00 Å². The van der Waals surface area contributed by atoms with E-state index in [0.29, 0.717) is 48.9 Å². The molecule has 0 unspecified atom stereocenters. The van der Waals surface area contributed by atoms with Crippen LogP contribution in [-0.4, -0.2) is 57.5 Å². The Morgan fingerprint density at radius 3 is 2.48 bits per heavy atom. The number of ether oxygens (including phenoxy) is 1. The number of benzene rings is 1. The average Bonchev–Trinajstić information content (AvgIpc) is 2.47. The Morgan fingerprint density at radius 2 is 1.95 bits per heavy atom. The maximum Gasteiger partial charge on any atom is 0.243 e. The lowest BCUT2D eigenvalue weighted by Gasteiger charge is -2.32. The molecule has 1 heterocycles. The van der Waals surface area contributed by atoms with Crippen molar-refractivity contribution in [1.82, 2.24) is 9.21 Å². The minimum absolute atomic E-state index is 0.317. The van der Waals surface area contributed by atoms with Crippen LogP contribution in [0.15, 0.2) is 23.1 Å². The van der Waals surface area contributed by atoms with Gasteiger partial charge in [0.1, 0.15) is 5.75 Å². The monoisotopic (exact) mass is 309 g/mol. The van der Waals surface area contributed by atoms with Crippen LogP contribution in [0.3, 0.4) is 0 Å². The van der Waals surface area contributed by atoms with Gasteiger partial charge in [-0.25, -0.2) is 8.42 Å². The van der Waals surface area contributed by atoms with Gasteiger partial charge in [0.25, 0.3) is 0 Å². The van der Waals surface area contributed by atoms with Gasteiger partial charge in [-0.15, -0.1) is 0 Å². The molecule has 21 heavy (non-hydrogen) atoms. The summed E-state index contributed by atoms with van der Waals surface area (Å²) in [7, 11) is -1.93. The zero-order chi connectivity index (χ0) is 15.5. The van der Waals surface area contributed by atoms with E-state index in [1.54, 1.807) is 32.2 Å². The summed E-state index contributed by atoms with van der Waals surface area (Å²) < 4.78 is 31.9. The number of nitrogens with zero attached hydrogens (tertiary/aromatic N) is 3. The maximum atomic E-state index is 12.7. The first-order chi connectivity index (χ1) is 9.98. The third-order valence-electron chi connectivity index (χ3n) is 3.63. The number of sulfonamides is 1. The fourth-order valence-electron chi connectivity index (χ4n) is 2.41. The highest BCUT2D eigenvalue weighted by Gasteiger charge is 2.29. The van der Waals surface area contributed by atoms with Crippen LogP contribution >= 0.6 is 0 Å². The molecule has 0 spiro atoms. The second-order valence-electron chi connectivity index (χ2n) is 4.97. The van der Waals surface area contributed by atoms with E-state index in [1.165, 1.54) is 4.31 Å². The van der Waals surface area contributed by atoms with Crippen LogP contribution in [0.5, 0.6) is 5.75 Å². The predicted molar refractivity (Wildman–Crippen MR) is 78.5 cm³/mol. The van der Waals surface area contributed by atoms with Crippen LogP contribution < -0.4 is 4.74 Å². The topological polar surface area (TPSA) is 73.6 Å². The molecule has 2 rings (SSSR count). The molecule has 7 heteroatoms. The van der Waals surface area contributed by atoms with Gasteiger partial charge in [-0.3, -0.25) is 4.90 Å². The third-order valence-corrected chi connectivity index (χ3v) is 5.68. The molecule has 0 amide bonds. The fourth-order valence-corrected chi connectivity index (χ4v) is 4.03. The van der Waals surface area contributed by atoms with Gasteiger partial charge in [-0.1, -0.05) is 0 Å². The zero-order valence-corrected chi connectivity index (χ0v) is 13.1. The molecule has 114 valence electrons. The number of aryl methyl sites for hydroxylation is 1. The molecule has 0 aromatic heterocycles. The van der Waals surface area contributed by atoms with Gasteiger partial charge in [-0.2, -0.15) is 9.57 Å². The van der Waals surface area contributed by atoms with E-state index >= 15 is 0 Å². The molecule has 6 nitrogen and oxygen atoms in total. The predicted octanol–water partition coefficient (Wildman–Crippen LogP) is 0.833. The Bertz CT molecular complexity index is 644. The maximum absolute atomic E-state index is 12.7. The van der Waals surface area contributed by atoms with E-state index in [9.17, 15) is 8.42 Å². The Hall–Kier alpha value is -1.62. The molecule has 0 radical (unpaired) electrons.